The Morgan fingerprint density at radius 2 is 1.87 bits per heavy atom. The average Bonchev–Trinajstić information content (AvgIpc) is 2.13. The van der Waals surface area contributed by atoms with Crippen LogP contribution in [-0.2, 0) is 0 Å². The molecular formula is C12H13NO2. The number of rotatable bonds is 0. The average molecular weight is 203 g/mol. The molecule has 0 amide bonds. The van der Waals surface area contributed by atoms with Gasteiger partial charge in [-0.25, -0.2) is 0 Å². The van der Waals surface area contributed by atoms with Crippen LogP contribution in [0.4, 0.5) is 5.69 Å². The van der Waals surface area contributed by atoms with Crippen LogP contribution in [0, 0.1) is 20.8 Å². The monoisotopic (exact) mass is 203 g/mol. The molecule has 0 spiro atoms. The van der Waals surface area contributed by atoms with Gasteiger partial charge in [0.1, 0.15) is 11.3 Å². The highest BCUT2D eigenvalue weighted by Gasteiger charge is 2.10. The summed E-state index contributed by atoms with van der Waals surface area (Å²) in [6.45, 7) is 5.50. The zero-order chi connectivity index (χ0) is 11.2. The van der Waals surface area contributed by atoms with Gasteiger partial charge in [0, 0.05) is 11.8 Å². The van der Waals surface area contributed by atoms with Crippen molar-refractivity contribution in [3.8, 4) is 0 Å². The molecule has 78 valence electrons. The van der Waals surface area contributed by atoms with Gasteiger partial charge in [0.05, 0.1) is 5.39 Å². The molecule has 15 heavy (non-hydrogen) atoms. The fourth-order valence-electron chi connectivity index (χ4n) is 1.79. The minimum absolute atomic E-state index is 0.0262. The van der Waals surface area contributed by atoms with Crippen molar-refractivity contribution in [2.75, 3.05) is 5.73 Å². The summed E-state index contributed by atoms with van der Waals surface area (Å²) in [5.74, 6) is 0.625. The summed E-state index contributed by atoms with van der Waals surface area (Å²) in [4.78, 5) is 11.8. The summed E-state index contributed by atoms with van der Waals surface area (Å²) in [5, 5.41) is 0.595. The zero-order valence-electron chi connectivity index (χ0n) is 9.05. The molecule has 2 rings (SSSR count). The van der Waals surface area contributed by atoms with Crippen molar-refractivity contribution in [2.24, 2.45) is 0 Å². The van der Waals surface area contributed by atoms with Crippen LogP contribution in [0.25, 0.3) is 11.0 Å². The van der Waals surface area contributed by atoms with E-state index in [4.69, 9.17) is 10.2 Å². The third kappa shape index (κ3) is 1.40. The molecule has 0 unspecified atom stereocenters. The summed E-state index contributed by atoms with van der Waals surface area (Å²) in [6, 6.07) is 3.33. The van der Waals surface area contributed by atoms with E-state index in [2.05, 4.69) is 0 Å². The lowest BCUT2D eigenvalue weighted by atomic mass is 10.0. The van der Waals surface area contributed by atoms with E-state index in [9.17, 15) is 4.79 Å². The van der Waals surface area contributed by atoms with Crippen molar-refractivity contribution < 1.29 is 4.42 Å². The third-order valence-corrected chi connectivity index (χ3v) is 2.61. The Kier molecular flexibility index (Phi) is 2.03. The molecule has 2 N–H and O–H groups in total. The molecule has 0 aliphatic carbocycles. The third-order valence-electron chi connectivity index (χ3n) is 2.61. The van der Waals surface area contributed by atoms with Crippen molar-refractivity contribution >= 4 is 16.7 Å². The van der Waals surface area contributed by atoms with Crippen LogP contribution < -0.4 is 11.2 Å². The molecule has 3 heteroatoms. The van der Waals surface area contributed by atoms with Gasteiger partial charge in [-0.3, -0.25) is 4.79 Å². The van der Waals surface area contributed by atoms with Gasteiger partial charge in [-0.15, -0.1) is 0 Å². The smallest absolute Gasteiger partial charge is 0.193 e. The maximum atomic E-state index is 11.8. The molecule has 3 nitrogen and oxygen atoms in total. The van der Waals surface area contributed by atoms with E-state index >= 15 is 0 Å². The van der Waals surface area contributed by atoms with Gasteiger partial charge in [-0.2, -0.15) is 0 Å². The van der Waals surface area contributed by atoms with Crippen LogP contribution in [0.15, 0.2) is 21.3 Å². The molecule has 2 aromatic rings. The molecule has 1 heterocycles. The number of benzene rings is 1. The van der Waals surface area contributed by atoms with Crippen LogP contribution in [0.5, 0.6) is 0 Å². The van der Waals surface area contributed by atoms with E-state index in [0.29, 0.717) is 22.4 Å². The second kappa shape index (κ2) is 3.12. The predicted octanol–water partition coefficient (Wildman–Crippen LogP) is 2.30. The first kappa shape index (κ1) is 9.77. The molecule has 0 aliphatic heterocycles. The second-order valence-electron chi connectivity index (χ2n) is 3.83. The van der Waals surface area contributed by atoms with Crippen molar-refractivity contribution in [3.05, 3.63) is 39.2 Å². The van der Waals surface area contributed by atoms with Gasteiger partial charge in [0.2, 0.25) is 0 Å². The number of nitrogens with two attached hydrogens (primary N) is 1. The molecule has 0 radical (unpaired) electrons. The standard InChI is InChI=1S/C12H13NO2/c1-6-4-9(13)8(3)11-10(14)5-7(2)15-12(6)11/h4-5H,13H2,1-3H3. The van der Waals surface area contributed by atoms with E-state index in [1.807, 2.05) is 19.9 Å². The molecule has 0 saturated heterocycles. The Bertz CT molecular complexity index is 597. The molecule has 1 aromatic heterocycles. The molecule has 0 aliphatic rings. The van der Waals surface area contributed by atoms with Crippen molar-refractivity contribution in [2.45, 2.75) is 20.8 Å². The number of hydrogen-bond donors (Lipinski definition) is 1. The Morgan fingerprint density at radius 3 is 2.53 bits per heavy atom. The first-order valence-electron chi connectivity index (χ1n) is 4.81. The van der Waals surface area contributed by atoms with E-state index < -0.39 is 0 Å². The first-order valence-corrected chi connectivity index (χ1v) is 4.81. The van der Waals surface area contributed by atoms with Crippen LogP contribution in [0.1, 0.15) is 16.9 Å². The minimum Gasteiger partial charge on any atom is -0.461 e. The first-order chi connectivity index (χ1) is 7.00. The van der Waals surface area contributed by atoms with Gasteiger partial charge < -0.3 is 10.2 Å². The van der Waals surface area contributed by atoms with Crippen LogP contribution >= 0.6 is 0 Å². The topological polar surface area (TPSA) is 56.2 Å². The highest BCUT2D eigenvalue weighted by Crippen LogP contribution is 2.25. The number of fused-ring (bicyclic) bond motifs is 1. The Hall–Kier alpha value is -1.77. The van der Waals surface area contributed by atoms with Crippen molar-refractivity contribution in [1.82, 2.24) is 0 Å². The van der Waals surface area contributed by atoms with Crippen LogP contribution in [0.2, 0.25) is 0 Å². The van der Waals surface area contributed by atoms with Crippen LogP contribution in [-0.4, -0.2) is 0 Å². The largest absolute Gasteiger partial charge is 0.461 e. The SMILES string of the molecule is Cc1cc(=O)c2c(C)c(N)cc(C)c2o1. The molecule has 0 fully saturated rings. The van der Waals surface area contributed by atoms with Crippen LogP contribution in [0.3, 0.4) is 0 Å². The fraction of sp³-hybridized carbons (Fsp3) is 0.250. The molecule has 0 saturated carbocycles. The van der Waals surface area contributed by atoms with Crippen molar-refractivity contribution in [3.63, 3.8) is 0 Å². The van der Waals surface area contributed by atoms with E-state index in [0.717, 1.165) is 11.1 Å². The summed E-state index contributed by atoms with van der Waals surface area (Å²) in [6.07, 6.45) is 0. The van der Waals surface area contributed by atoms with E-state index in [1.54, 1.807) is 6.92 Å². The Labute approximate surface area is 87.5 Å². The highest BCUT2D eigenvalue weighted by molar-refractivity contribution is 5.87. The van der Waals surface area contributed by atoms with Gasteiger partial charge in [0.15, 0.2) is 5.43 Å². The fourth-order valence-corrected chi connectivity index (χ4v) is 1.79. The van der Waals surface area contributed by atoms with E-state index in [1.165, 1.54) is 6.07 Å². The summed E-state index contributed by atoms with van der Waals surface area (Å²) < 4.78 is 5.55. The summed E-state index contributed by atoms with van der Waals surface area (Å²) in [7, 11) is 0. The van der Waals surface area contributed by atoms with Gasteiger partial charge in [0.25, 0.3) is 0 Å². The van der Waals surface area contributed by atoms with Gasteiger partial charge in [-0.05, 0) is 38.0 Å². The number of aryl methyl sites for hydroxylation is 3. The molecular weight excluding hydrogens is 190 g/mol. The number of hydrogen-bond acceptors (Lipinski definition) is 3. The van der Waals surface area contributed by atoms with E-state index in [-0.39, 0.29) is 5.43 Å². The second-order valence-corrected chi connectivity index (χ2v) is 3.83. The minimum atomic E-state index is -0.0262. The molecule has 1 aromatic carbocycles. The lowest BCUT2D eigenvalue weighted by molar-refractivity contribution is 0.562. The molecule has 0 atom stereocenters. The Morgan fingerprint density at radius 1 is 1.20 bits per heavy atom. The zero-order valence-corrected chi connectivity index (χ0v) is 9.05. The summed E-state index contributed by atoms with van der Waals surface area (Å²) in [5.41, 5.74) is 8.76. The Balaban J connectivity index is 3.10. The maximum absolute atomic E-state index is 11.8. The molecule has 0 bridgehead atoms. The highest BCUT2D eigenvalue weighted by atomic mass is 16.3. The van der Waals surface area contributed by atoms with Crippen molar-refractivity contribution in [1.29, 1.82) is 0 Å². The van der Waals surface area contributed by atoms with Gasteiger partial charge in [-0.1, -0.05) is 0 Å². The maximum Gasteiger partial charge on any atom is 0.193 e. The van der Waals surface area contributed by atoms with Gasteiger partial charge >= 0.3 is 0 Å². The lowest BCUT2D eigenvalue weighted by Gasteiger charge is -2.07. The number of nitrogen functional groups attached to an aromatic ring is 1. The quantitative estimate of drug-likeness (QED) is 0.668. The summed E-state index contributed by atoms with van der Waals surface area (Å²) >= 11 is 0. The predicted molar refractivity (Wildman–Crippen MR) is 61.1 cm³/mol. The normalized spacial score (nSPS) is 10.9. The lowest BCUT2D eigenvalue weighted by Crippen LogP contribution is -2.05. The number of anilines is 1.